The summed E-state index contributed by atoms with van der Waals surface area (Å²) in [5, 5.41) is 2.01. The highest BCUT2D eigenvalue weighted by Gasteiger charge is 2.22. The zero-order valence-corrected chi connectivity index (χ0v) is 18.9. The minimum Gasteiger partial charge on any atom is -0.442 e. The highest BCUT2D eigenvalue weighted by atomic mass is 35.5. The van der Waals surface area contributed by atoms with E-state index in [1.54, 1.807) is 6.07 Å². The standard InChI is InChI=1S/C21H22Cl2N4O2S/c1-12(2)19-20(30-17-8-14(22)7-15(23)9-17)27(18(26-19)11-29-21(25)28)10-13-4-3-5-16(24)6-13/h3-9,12H,10-11,24H2,1-2H3,(H2,25,28). The number of carbonyl (C=O) groups is 1. The van der Waals surface area contributed by atoms with E-state index in [9.17, 15) is 4.79 Å². The molecule has 0 radical (unpaired) electrons. The third-order valence-electron chi connectivity index (χ3n) is 4.26. The van der Waals surface area contributed by atoms with E-state index >= 15 is 0 Å². The molecule has 3 aromatic rings. The second-order valence-corrected chi connectivity index (χ2v) is 8.95. The van der Waals surface area contributed by atoms with Crippen LogP contribution in [0.1, 0.15) is 36.8 Å². The van der Waals surface area contributed by atoms with Crippen LogP contribution < -0.4 is 11.5 Å². The summed E-state index contributed by atoms with van der Waals surface area (Å²) in [6.07, 6.45) is -0.851. The molecule has 0 aliphatic heterocycles. The number of ether oxygens (including phenoxy) is 1. The van der Waals surface area contributed by atoms with Gasteiger partial charge in [0.15, 0.2) is 6.61 Å². The van der Waals surface area contributed by atoms with Crippen LogP contribution in [0.15, 0.2) is 52.4 Å². The Bertz CT molecular complexity index is 1050. The Labute approximate surface area is 189 Å². The Balaban J connectivity index is 2.09. The quantitative estimate of drug-likeness (QED) is 0.437. The van der Waals surface area contributed by atoms with Crippen molar-refractivity contribution in [1.82, 2.24) is 9.55 Å². The Morgan fingerprint density at radius 3 is 2.50 bits per heavy atom. The number of aromatic nitrogens is 2. The Morgan fingerprint density at radius 1 is 1.20 bits per heavy atom. The molecule has 9 heteroatoms. The number of amides is 1. The number of imidazole rings is 1. The molecule has 0 bridgehead atoms. The van der Waals surface area contributed by atoms with E-state index < -0.39 is 6.09 Å². The van der Waals surface area contributed by atoms with Crippen LogP contribution in [0.4, 0.5) is 10.5 Å². The van der Waals surface area contributed by atoms with Gasteiger partial charge in [-0.25, -0.2) is 9.78 Å². The Kier molecular flexibility index (Phi) is 7.18. The molecule has 0 atom stereocenters. The molecule has 0 aliphatic carbocycles. The molecule has 3 rings (SSSR count). The maximum atomic E-state index is 11.2. The van der Waals surface area contributed by atoms with E-state index in [4.69, 9.17) is 44.4 Å². The van der Waals surface area contributed by atoms with Gasteiger partial charge in [0.25, 0.3) is 0 Å². The third kappa shape index (κ3) is 5.62. The normalized spacial score (nSPS) is 11.1. The van der Waals surface area contributed by atoms with Gasteiger partial charge in [0.2, 0.25) is 0 Å². The van der Waals surface area contributed by atoms with Gasteiger partial charge in [-0.05, 0) is 41.8 Å². The van der Waals surface area contributed by atoms with E-state index in [1.165, 1.54) is 11.8 Å². The zero-order chi connectivity index (χ0) is 21.8. The van der Waals surface area contributed by atoms with Crippen LogP contribution >= 0.6 is 35.0 Å². The van der Waals surface area contributed by atoms with E-state index in [2.05, 4.69) is 13.8 Å². The third-order valence-corrected chi connectivity index (χ3v) is 5.79. The van der Waals surface area contributed by atoms with Crippen LogP contribution in [0.5, 0.6) is 0 Å². The molecule has 158 valence electrons. The van der Waals surface area contributed by atoms with Crippen molar-refractivity contribution in [3.8, 4) is 0 Å². The largest absolute Gasteiger partial charge is 0.442 e. The van der Waals surface area contributed by atoms with Gasteiger partial charge in [-0.3, -0.25) is 0 Å². The number of nitrogens with two attached hydrogens (primary N) is 2. The van der Waals surface area contributed by atoms with Crippen molar-refractivity contribution in [3.05, 3.63) is 69.6 Å². The van der Waals surface area contributed by atoms with Crippen molar-refractivity contribution < 1.29 is 9.53 Å². The minimum atomic E-state index is -0.851. The Hall–Kier alpha value is -2.35. The Morgan fingerprint density at radius 2 is 1.90 bits per heavy atom. The average molecular weight is 465 g/mol. The molecule has 0 unspecified atom stereocenters. The summed E-state index contributed by atoms with van der Waals surface area (Å²) >= 11 is 13.9. The summed E-state index contributed by atoms with van der Waals surface area (Å²) in [4.78, 5) is 16.8. The maximum absolute atomic E-state index is 11.2. The molecular formula is C21H22Cl2N4O2S. The highest BCUT2D eigenvalue weighted by Crippen LogP contribution is 2.37. The first-order valence-corrected chi connectivity index (χ1v) is 10.8. The van der Waals surface area contributed by atoms with E-state index in [0.29, 0.717) is 28.1 Å². The predicted molar refractivity (Wildman–Crippen MR) is 121 cm³/mol. The lowest BCUT2D eigenvalue weighted by Crippen LogP contribution is -2.15. The molecular weight excluding hydrogens is 443 g/mol. The molecule has 0 aliphatic rings. The molecule has 6 nitrogen and oxygen atoms in total. The van der Waals surface area contributed by atoms with Gasteiger partial charge in [-0.1, -0.05) is 60.9 Å². The van der Waals surface area contributed by atoms with Gasteiger partial charge < -0.3 is 20.8 Å². The van der Waals surface area contributed by atoms with E-state index in [-0.39, 0.29) is 12.5 Å². The molecule has 1 heterocycles. The number of anilines is 1. The van der Waals surface area contributed by atoms with Crippen molar-refractivity contribution >= 4 is 46.7 Å². The number of hydrogen-bond donors (Lipinski definition) is 2. The molecule has 0 fully saturated rings. The number of nitrogens with zero attached hydrogens (tertiary/aromatic N) is 2. The number of carbonyl (C=O) groups excluding carboxylic acids is 1. The van der Waals surface area contributed by atoms with Crippen molar-refractivity contribution in [2.75, 3.05) is 5.73 Å². The zero-order valence-electron chi connectivity index (χ0n) is 16.6. The smallest absolute Gasteiger partial charge is 0.404 e. The van der Waals surface area contributed by atoms with Crippen LogP contribution in [0.25, 0.3) is 0 Å². The number of rotatable bonds is 7. The van der Waals surface area contributed by atoms with Crippen molar-refractivity contribution in [1.29, 1.82) is 0 Å². The first-order valence-electron chi connectivity index (χ1n) is 9.23. The van der Waals surface area contributed by atoms with Crippen LogP contribution in [0, 0.1) is 0 Å². The van der Waals surface area contributed by atoms with Gasteiger partial charge in [0.1, 0.15) is 10.9 Å². The summed E-state index contributed by atoms with van der Waals surface area (Å²) in [5.74, 6) is 0.729. The fourth-order valence-corrected chi connectivity index (χ4v) is 4.88. The maximum Gasteiger partial charge on any atom is 0.404 e. The predicted octanol–water partition coefficient (Wildman–Crippen LogP) is 5.69. The molecule has 0 spiro atoms. The topological polar surface area (TPSA) is 96.2 Å². The van der Waals surface area contributed by atoms with Gasteiger partial charge >= 0.3 is 6.09 Å². The van der Waals surface area contributed by atoms with Gasteiger partial charge in [-0.15, -0.1) is 0 Å². The monoisotopic (exact) mass is 464 g/mol. The molecule has 30 heavy (non-hydrogen) atoms. The molecule has 1 aromatic heterocycles. The fourth-order valence-electron chi connectivity index (χ4n) is 2.97. The molecule has 0 saturated heterocycles. The van der Waals surface area contributed by atoms with Gasteiger partial charge in [0, 0.05) is 20.6 Å². The summed E-state index contributed by atoms with van der Waals surface area (Å²) in [6.45, 7) is 4.58. The molecule has 1 amide bonds. The summed E-state index contributed by atoms with van der Waals surface area (Å²) < 4.78 is 7.05. The SMILES string of the molecule is CC(C)c1nc(COC(N)=O)n(Cc2cccc(N)c2)c1Sc1cc(Cl)cc(Cl)c1. The first-order chi connectivity index (χ1) is 14.2. The lowest BCUT2D eigenvalue weighted by molar-refractivity contribution is 0.145. The summed E-state index contributed by atoms with van der Waals surface area (Å²) in [5.41, 5.74) is 13.7. The van der Waals surface area contributed by atoms with Crippen molar-refractivity contribution in [2.45, 2.75) is 42.8 Å². The second-order valence-electron chi connectivity index (χ2n) is 7.02. The summed E-state index contributed by atoms with van der Waals surface area (Å²) in [6, 6.07) is 13.0. The minimum absolute atomic E-state index is 0.0335. The van der Waals surface area contributed by atoms with Crippen LogP contribution in [-0.4, -0.2) is 15.6 Å². The lowest BCUT2D eigenvalue weighted by atomic mass is 10.1. The first kappa shape index (κ1) is 22.3. The molecule has 2 aromatic carbocycles. The number of primary amides is 1. The van der Waals surface area contributed by atoms with Crippen molar-refractivity contribution in [3.63, 3.8) is 0 Å². The van der Waals surface area contributed by atoms with Crippen LogP contribution in [0.3, 0.4) is 0 Å². The molecule has 0 saturated carbocycles. The van der Waals surface area contributed by atoms with E-state index in [0.717, 1.165) is 21.2 Å². The highest BCUT2D eigenvalue weighted by molar-refractivity contribution is 7.99. The van der Waals surface area contributed by atoms with E-state index in [1.807, 2.05) is 41.0 Å². The van der Waals surface area contributed by atoms with Crippen molar-refractivity contribution in [2.24, 2.45) is 5.73 Å². The molecule has 4 N–H and O–H groups in total. The van der Waals surface area contributed by atoms with Crippen LogP contribution in [0.2, 0.25) is 10.0 Å². The van der Waals surface area contributed by atoms with Crippen LogP contribution in [-0.2, 0) is 17.9 Å². The fraction of sp³-hybridized carbons (Fsp3) is 0.238. The average Bonchev–Trinajstić information content (AvgIpc) is 2.97. The number of nitrogen functional groups attached to an aromatic ring is 1. The number of benzene rings is 2. The van der Waals surface area contributed by atoms with Gasteiger partial charge in [0.05, 0.1) is 12.2 Å². The van der Waals surface area contributed by atoms with Gasteiger partial charge in [-0.2, -0.15) is 0 Å². The lowest BCUT2D eigenvalue weighted by Gasteiger charge is -2.14. The summed E-state index contributed by atoms with van der Waals surface area (Å²) in [7, 11) is 0. The number of hydrogen-bond acceptors (Lipinski definition) is 5. The number of halogens is 2. The second kappa shape index (κ2) is 9.64.